The number of nitrogens with one attached hydrogen (secondary N) is 6. The summed E-state index contributed by atoms with van der Waals surface area (Å²) < 4.78 is 183. The summed E-state index contributed by atoms with van der Waals surface area (Å²) in [5.74, 6) is -10.5. The van der Waals surface area contributed by atoms with Gasteiger partial charge in [0, 0.05) is 114 Å². The number of hydrogen-bond donors (Lipinski definition) is 6. The van der Waals surface area contributed by atoms with Crippen molar-refractivity contribution >= 4 is 103 Å². The second-order valence-corrected chi connectivity index (χ2v) is 29.8. The van der Waals surface area contributed by atoms with E-state index < -0.39 is 122 Å². The number of aryl methyl sites for hydroxylation is 2. The fourth-order valence-corrected chi connectivity index (χ4v) is 15.1. The van der Waals surface area contributed by atoms with Gasteiger partial charge in [0.05, 0.1) is 57.1 Å². The van der Waals surface area contributed by atoms with Gasteiger partial charge in [-0.3, -0.25) is 28.5 Å². The minimum atomic E-state index is -4.30. The first-order valence-corrected chi connectivity index (χ1v) is 36.8. The summed E-state index contributed by atoms with van der Waals surface area (Å²) >= 11 is 0. The Labute approximate surface area is 581 Å². The molecule has 0 unspecified atom stereocenters. The van der Waals surface area contributed by atoms with Crippen LogP contribution in [0, 0.1) is 48.8 Å². The van der Waals surface area contributed by atoms with Crippen molar-refractivity contribution in [3.8, 4) is 22.3 Å². The van der Waals surface area contributed by atoms with E-state index in [-0.39, 0.29) is 47.7 Å². The molecule has 31 heteroatoms. The molecule has 2 aliphatic rings. The molecule has 1 atom stereocenters. The molecule has 2 saturated heterocycles. The summed E-state index contributed by atoms with van der Waals surface area (Å²) in [5, 5.41) is 1.19. The number of ketones is 3. The molecule has 2 aliphatic heterocycles. The zero-order chi connectivity index (χ0) is 73.1. The highest BCUT2D eigenvalue weighted by Gasteiger charge is 2.34. The first-order valence-electron chi connectivity index (χ1n) is 32.0. The summed E-state index contributed by atoms with van der Waals surface area (Å²) in [5.41, 5.74) is 3.20. The van der Waals surface area contributed by atoms with Crippen LogP contribution in [0.25, 0.3) is 55.4 Å². The summed E-state index contributed by atoms with van der Waals surface area (Å²) in [6.45, 7) is 10.2. The average Bonchev–Trinajstić information content (AvgIpc) is 1.53. The predicted molar refractivity (Wildman–Crippen MR) is 377 cm³/mol. The lowest BCUT2D eigenvalue weighted by atomic mass is 9.99. The highest BCUT2D eigenvalue weighted by atomic mass is 32.2. The number of fused-ring (bicyclic) bond motifs is 3. The van der Waals surface area contributed by atoms with E-state index in [0.29, 0.717) is 51.5 Å². The maximum absolute atomic E-state index is 15.3. The number of aromatic nitrogens is 6. The van der Waals surface area contributed by atoms with Gasteiger partial charge < -0.3 is 24.8 Å². The molecule has 0 amide bonds. The van der Waals surface area contributed by atoms with Crippen LogP contribution >= 0.6 is 0 Å². The van der Waals surface area contributed by atoms with Gasteiger partial charge in [0.1, 0.15) is 40.6 Å². The number of aromatic amines is 3. The Morgan fingerprint density at radius 1 is 0.490 bits per heavy atom. The molecule has 0 spiro atoms. The van der Waals surface area contributed by atoms with Crippen LogP contribution in [0.2, 0.25) is 0 Å². The van der Waals surface area contributed by atoms with Crippen molar-refractivity contribution in [2.45, 2.75) is 53.1 Å². The third kappa shape index (κ3) is 15.9. The quantitative estimate of drug-likeness (QED) is 0.0306. The van der Waals surface area contributed by atoms with Crippen LogP contribution in [0.5, 0.6) is 0 Å². The van der Waals surface area contributed by atoms with E-state index >= 15 is 13.2 Å². The maximum atomic E-state index is 15.3. The monoisotopic (exact) mass is 1460 g/mol. The van der Waals surface area contributed by atoms with E-state index in [1.54, 1.807) is 50.6 Å². The summed E-state index contributed by atoms with van der Waals surface area (Å²) in [6, 6.07) is 25.9. The number of likely N-dealkylation sites (N-methyl/N-ethyl adjacent to an activating group) is 1. The molecule has 8 heterocycles. The lowest BCUT2D eigenvalue weighted by Crippen LogP contribution is -2.44. The summed E-state index contributed by atoms with van der Waals surface area (Å²) in [7, 11) is -9.91. The number of H-pyrrole nitrogens is 3. The molecule has 102 heavy (non-hydrogen) atoms. The van der Waals surface area contributed by atoms with Crippen LogP contribution in [0.15, 0.2) is 140 Å². The van der Waals surface area contributed by atoms with Gasteiger partial charge in [-0.15, -0.1) is 0 Å². The van der Waals surface area contributed by atoms with Crippen molar-refractivity contribution in [2.75, 3.05) is 76.9 Å². The van der Waals surface area contributed by atoms with Gasteiger partial charge in [-0.1, -0.05) is 73.5 Å². The standard InChI is InChI=1S/C25H21F3N4O3S.C24H21F2N3O3S.C22H25F2N5O3S/c1-14-2-4-15(5-3-14)16-10-18-19(12-30-25(18)29-11-16)24(33)22-20(27)6-7-21(23(22)28)31-36(34,35)32-9-8-17(26)13-32;1-3-10-33(31,32)29-20-9-8-19(25)21(22(20)26)23(30)18-13-28-24-17(18)11-16(12-27-24)15-6-4-14(2)5-7-15;1-3-10-33(31,32)27-18-5-4-17(23)19(20(18)24)21(30)16-13-26-22-15(16)11-14(12-25-22)29-8-6-28(2)7-9-29/h2-7,10-12,17,31H,8-9,13H2,1H3,(H,29,30);4-9,11-13,29H,3,10H2,1-2H3,(H,27,28);4-5,11-13,27H,3,6-10H2,1-2H3,(H,25,26)/t17-;;/m1../s1. The van der Waals surface area contributed by atoms with E-state index in [4.69, 9.17) is 0 Å². The summed E-state index contributed by atoms with van der Waals surface area (Å²) in [4.78, 5) is 65.6. The minimum absolute atomic E-state index is 0.0235. The minimum Gasteiger partial charge on any atom is -0.368 e. The van der Waals surface area contributed by atoms with Crippen molar-refractivity contribution in [3.63, 3.8) is 0 Å². The van der Waals surface area contributed by atoms with E-state index in [1.165, 1.54) is 18.6 Å². The third-order valence-electron chi connectivity index (χ3n) is 17.1. The van der Waals surface area contributed by atoms with Crippen molar-refractivity contribution in [3.05, 3.63) is 220 Å². The Hall–Kier alpha value is -10.3. The number of carbonyl (C=O) groups excluding carboxylic acids is 3. The number of carbonyl (C=O) groups is 3. The number of hydrogen-bond acceptors (Lipinski definition) is 14. The molecule has 0 aliphatic carbocycles. The number of sulfonamides is 2. The molecule has 11 aromatic rings. The first kappa shape index (κ1) is 72.9. The highest BCUT2D eigenvalue weighted by molar-refractivity contribution is 7.93. The molecule has 532 valence electrons. The van der Waals surface area contributed by atoms with Gasteiger partial charge in [-0.2, -0.15) is 12.7 Å². The molecule has 21 nitrogen and oxygen atoms in total. The molecule has 5 aromatic carbocycles. The van der Waals surface area contributed by atoms with Crippen molar-refractivity contribution in [1.82, 2.24) is 39.1 Å². The van der Waals surface area contributed by atoms with Gasteiger partial charge in [0.15, 0.2) is 17.5 Å². The van der Waals surface area contributed by atoms with Crippen molar-refractivity contribution in [1.29, 1.82) is 0 Å². The fraction of sp³-hybridized carbons (Fsp3) is 0.239. The van der Waals surface area contributed by atoms with E-state index in [9.17, 15) is 57.2 Å². The van der Waals surface area contributed by atoms with Gasteiger partial charge in [0.2, 0.25) is 37.4 Å². The topological polar surface area (TPSA) is 285 Å². The van der Waals surface area contributed by atoms with Crippen molar-refractivity contribution < 1.29 is 70.4 Å². The zero-order valence-electron chi connectivity index (χ0n) is 55.4. The van der Waals surface area contributed by atoms with E-state index in [0.717, 1.165) is 100 Å². The van der Waals surface area contributed by atoms with Crippen molar-refractivity contribution in [2.24, 2.45) is 0 Å². The SMILES string of the molecule is CCCS(=O)(=O)Nc1ccc(F)c(C(=O)c2c[nH]c3ncc(-c4ccc(C)cc4)cc23)c1F.CCCS(=O)(=O)Nc1ccc(F)c(C(=O)c2c[nH]c3ncc(N4CCN(C)CC4)cc23)c1F.Cc1ccc(-c2cnc3[nH]cc(C(=O)c4c(F)ccc(NS(=O)(=O)N5CC[C@@H](F)C5)c4F)c3c2)cc1. The largest absolute Gasteiger partial charge is 0.368 e. The molecule has 0 bridgehead atoms. The third-order valence-corrected chi connectivity index (χ3v) is 21.5. The first-order chi connectivity index (χ1) is 48.5. The number of piperazine rings is 1. The van der Waals surface area contributed by atoms with Crippen LogP contribution in [0.3, 0.4) is 0 Å². The molecule has 0 radical (unpaired) electrons. The Kier molecular flexibility index (Phi) is 21.5. The fourth-order valence-electron chi connectivity index (χ4n) is 11.6. The molecule has 6 aromatic heterocycles. The zero-order valence-corrected chi connectivity index (χ0v) is 57.8. The molecular weight excluding hydrogens is 1390 g/mol. The van der Waals surface area contributed by atoms with Crippen LogP contribution in [0.4, 0.5) is 53.5 Å². The van der Waals surface area contributed by atoms with Gasteiger partial charge in [-0.05, 0) is 106 Å². The number of rotatable bonds is 20. The highest BCUT2D eigenvalue weighted by Crippen LogP contribution is 2.35. The van der Waals surface area contributed by atoms with Gasteiger partial charge >= 0.3 is 10.2 Å². The Balaban J connectivity index is 0.000000154. The Morgan fingerprint density at radius 2 is 0.863 bits per heavy atom. The van der Waals surface area contributed by atoms with Gasteiger partial charge in [0.25, 0.3) is 0 Å². The maximum Gasteiger partial charge on any atom is 0.301 e. The number of pyridine rings is 3. The number of nitrogens with zero attached hydrogens (tertiary/aromatic N) is 6. The number of benzene rings is 5. The van der Waals surface area contributed by atoms with E-state index in [2.05, 4.69) is 49.1 Å². The second kappa shape index (κ2) is 30.1. The normalized spacial score (nSPS) is 14.5. The smallest absolute Gasteiger partial charge is 0.301 e. The molecule has 2 fully saturated rings. The summed E-state index contributed by atoms with van der Waals surface area (Å²) in [6.07, 6.45) is 8.30. The van der Waals surface area contributed by atoms with Crippen LogP contribution in [-0.2, 0) is 30.3 Å². The Morgan fingerprint density at radius 3 is 1.24 bits per heavy atom. The number of anilines is 4. The molecule has 13 rings (SSSR count). The number of alkyl halides is 1. The predicted octanol–water partition coefficient (Wildman–Crippen LogP) is 12.9. The second-order valence-electron chi connectivity index (χ2n) is 24.5. The molecular formula is C71H67F7N12O9S3. The molecule has 6 N–H and O–H groups in total. The average molecular weight is 1460 g/mol. The molecule has 0 saturated carbocycles. The van der Waals surface area contributed by atoms with Crippen LogP contribution in [-0.4, -0.2) is 146 Å². The van der Waals surface area contributed by atoms with Gasteiger partial charge in [-0.25, -0.2) is 62.5 Å². The number of halogens is 7. The van der Waals surface area contributed by atoms with E-state index in [1.807, 2.05) is 74.1 Å². The van der Waals surface area contributed by atoms with Crippen LogP contribution in [0.1, 0.15) is 92.0 Å². The van der Waals surface area contributed by atoms with Crippen LogP contribution < -0.4 is 19.1 Å². The Bertz CT molecular complexity index is 5400. The lowest BCUT2D eigenvalue weighted by molar-refractivity contribution is 0.102. The lowest BCUT2D eigenvalue weighted by Gasteiger charge is -2.33.